The molecule has 1 heterocycles. The fraction of sp³-hybridized carbons (Fsp3) is 0.333. The summed E-state index contributed by atoms with van der Waals surface area (Å²) in [6.07, 6.45) is 6.00. The molecule has 0 radical (unpaired) electrons. The van der Waals surface area contributed by atoms with Crippen molar-refractivity contribution in [3.05, 3.63) is 39.7 Å². The first kappa shape index (κ1) is 8.65. The smallest absolute Gasteiger partial charge is 0.207 e. The fourth-order valence-corrected chi connectivity index (χ4v) is 2.39. The number of benzene rings is 1. The Labute approximate surface area is 87.1 Å². The van der Waals surface area contributed by atoms with Gasteiger partial charge < -0.3 is 0 Å². The lowest BCUT2D eigenvalue weighted by atomic mass is 9.90. The van der Waals surface area contributed by atoms with E-state index in [-0.39, 0.29) is 5.43 Å². The maximum absolute atomic E-state index is 11.6. The van der Waals surface area contributed by atoms with E-state index in [9.17, 15) is 4.79 Å². The van der Waals surface area contributed by atoms with Crippen LogP contribution < -0.4 is 5.43 Å². The molecule has 3 heteroatoms. The minimum Gasteiger partial charge on any atom is -0.287 e. The van der Waals surface area contributed by atoms with Gasteiger partial charge in [0, 0.05) is 5.39 Å². The predicted molar refractivity (Wildman–Crippen MR) is 59.0 cm³/mol. The van der Waals surface area contributed by atoms with Crippen LogP contribution in [0.1, 0.15) is 24.0 Å². The van der Waals surface area contributed by atoms with Gasteiger partial charge in [0.2, 0.25) is 5.43 Å². The molecule has 0 aliphatic heterocycles. The third-order valence-corrected chi connectivity index (χ3v) is 3.16. The molecule has 1 aromatic carbocycles. The highest BCUT2D eigenvalue weighted by molar-refractivity contribution is 5.82. The minimum atomic E-state index is 0.0112. The van der Waals surface area contributed by atoms with Gasteiger partial charge in [-0.05, 0) is 42.9 Å². The number of aromatic nitrogens is 2. The summed E-state index contributed by atoms with van der Waals surface area (Å²) in [6, 6.07) is 4.01. The number of aromatic amines is 1. The van der Waals surface area contributed by atoms with Crippen LogP contribution in [0.3, 0.4) is 0 Å². The van der Waals surface area contributed by atoms with Gasteiger partial charge in [0.1, 0.15) is 0 Å². The molecule has 0 saturated heterocycles. The highest BCUT2D eigenvalue weighted by Crippen LogP contribution is 2.25. The Morgan fingerprint density at radius 2 is 2.07 bits per heavy atom. The van der Waals surface area contributed by atoms with Gasteiger partial charge in [-0.2, -0.15) is 5.10 Å². The van der Waals surface area contributed by atoms with Crippen LogP contribution in [0.15, 0.2) is 23.1 Å². The van der Waals surface area contributed by atoms with Crippen molar-refractivity contribution in [1.29, 1.82) is 0 Å². The molecule has 2 aromatic rings. The van der Waals surface area contributed by atoms with Crippen LogP contribution in [0.5, 0.6) is 0 Å². The van der Waals surface area contributed by atoms with Gasteiger partial charge in [-0.15, -0.1) is 0 Å². The van der Waals surface area contributed by atoms with E-state index in [0.717, 1.165) is 23.7 Å². The van der Waals surface area contributed by atoms with Crippen molar-refractivity contribution in [2.24, 2.45) is 0 Å². The van der Waals surface area contributed by atoms with E-state index in [1.54, 1.807) is 0 Å². The average Bonchev–Trinajstić information content (AvgIpc) is 2.29. The summed E-state index contributed by atoms with van der Waals surface area (Å²) in [5.41, 5.74) is 3.62. The standard InChI is InChI=1S/C12H12N2O/c15-11-7-13-14-12-9-4-2-1-3-8(9)5-6-10(11)12/h5-7H,1-4H2,(H,14,15). The fourth-order valence-electron chi connectivity index (χ4n) is 2.39. The monoisotopic (exact) mass is 200 g/mol. The van der Waals surface area contributed by atoms with Crippen molar-refractivity contribution in [1.82, 2.24) is 10.2 Å². The molecule has 0 fully saturated rings. The Kier molecular flexibility index (Phi) is 1.84. The summed E-state index contributed by atoms with van der Waals surface area (Å²) in [5.74, 6) is 0. The zero-order valence-electron chi connectivity index (χ0n) is 8.42. The summed E-state index contributed by atoms with van der Waals surface area (Å²) >= 11 is 0. The number of aryl methyl sites for hydroxylation is 2. The van der Waals surface area contributed by atoms with Crippen LogP contribution in [0.25, 0.3) is 10.9 Å². The van der Waals surface area contributed by atoms with E-state index in [1.165, 1.54) is 30.2 Å². The summed E-state index contributed by atoms with van der Waals surface area (Å²) in [7, 11) is 0. The Balaban J connectivity index is 2.42. The van der Waals surface area contributed by atoms with Gasteiger partial charge in [-0.25, -0.2) is 0 Å². The zero-order valence-corrected chi connectivity index (χ0v) is 8.42. The van der Waals surface area contributed by atoms with Crippen molar-refractivity contribution in [3.63, 3.8) is 0 Å². The minimum absolute atomic E-state index is 0.0112. The molecule has 76 valence electrons. The SMILES string of the molecule is O=c1cn[nH]c2c3c(ccc12)CCCC3. The normalized spacial score (nSPS) is 15.2. The maximum atomic E-state index is 11.6. The molecule has 3 nitrogen and oxygen atoms in total. The van der Waals surface area contributed by atoms with Crippen LogP contribution in [-0.4, -0.2) is 10.2 Å². The highest BCUT2D eigenvalue weighted by Gasteiger charge is 2.13. The molecular formula is C12H12N2O. The molecule has 3 rings (SSSR count). The van der Waals surface area contributed by atoms with Gasteiger partial charge >= 0.3 is 0 Å². The number of H-pyrrole nitrogens is 1. The summed E-state index contributed by atoms with van der Waals surface area (Å²) in [5, 5.41) is 7.62. The predicted octanol–water partition coefficient (Wildman–Crippen LogP) is 1.80. The molecule has 15 heavy (non-hydrogen) atoms. The zero-order chi connectivity index (χ0) is 10.3. The van der Waals surface area contributed by atoms with Crippen molar-refractivity contribution < 1.29 is 0 Å². The van der Waals surface area contributed by atoms with Crippen LogP contribution in [0.4, 0.5) is 0 Å². The van der Waals surface area contributed by atoms with E-state index < -0.39 is 0 Å². The van der Waals surface area contributed by atoms with Crippen LogP contribution in [0, 0.1) is 0 Å². The topological polar surface area (TPSA) is 45.8 Å². The Hall–Kier alpha value is -1.64. The van der Waals surface area contributed by atoms with Crippen LogP contribution >= 0.6 is 0 Å². The molecule has 1 N–H and O–H groups in total. The van der Waals surface area contributed by atoms with Gasteiger partial charge in [0.15, 0.2) is 0 Å². The molecule has 0 atom stereocenters. The highest BCUT2D eigenvalue weighted by atomic mass is 16.1. The number of hydrogen-bond acceptors (Lipinski definition) is 2. The molecular weight excluding hydrogens is 188 g/mol. The summed E-state index contributed by atoms with van der Waals surface area (Å²) in [4.78, 5) is 11.6. The van der Waals surface area contributed by atoms with Gasteiger partial charge in [-0.3, -0.25) is 9.89 Å². The lowest BCUT2D eigenvalue weighted by molar-refractivity contribution is 0.688. The lowest BCUT2D eigenvalue weighted by Gasteiger charge is -2.16. The van der Waals surface area contributed by atoms with Crippen molar-refractivity contribution in [2.75, 3.05) is 0 Å². The van der Waals surface area contributed by atoms with E-state index in [2.05, 4.69) is 16.3 Å². The number of fused-ring (bicyclic) bond motifs is 3. The first-order valence-corrected chi connectivity index (χ1v) is 5.34. The van der Waals surface area contributed by atoms with E-state index >= 15 is 0 Å². The van der Waals surface area contributed by atoms with Gasteiger partial charge in [0.05, 0.1) is 11.7 Å². The second-order valence-corrected chi connectivity index (χ2v) is 4.07. The second kappa shape index (κ2) is 3.19. The summed E-state index contributed by atoms with van der Waals surface area (Å²) < 4.78 is 0. The van der Waals surface area contributed by atoms with Crippen LogP contribution in [-0.2, 0) is 12.8 Å². The first-order valence-electron chi connectivity index (χ1n) is 5.34. The third-order valence-electron chi connectivity index (χ3n) is 3.16. The Bertz CT molecular complexity index is 571. The molecule has 0 saturated carbocycles. The first-order chi connectivity index (χ1) is 7.36. The molecule has 0 bridgehead atoms. The molecule has 1 aromatic heterocycles. The quantitative estimate of drug-likeness (QED) is 0.704. The van der Waals surface area contributed by atoms with E-state index in [0.29, 0.717) is 0 Å². The summed E-state index contributed by atoms with van der Waals surface area (Å²) in [6.45, 7) is 0. The third kappa shape index (κ3) is 1.27. The number of rotatable bonds is 0. The molecule has 1 aliphatic rings. The van der Waals surface area contributed by atoms with Crippen molar-refractivity contribution in [3.8, 4) is 0 Å². The van der Waals surface area contributed by atoms with Crippen LogP contribution in [0.2, 0.25) is 0 Å². The largest absolute Gasteiger partial charge is 0.287 e. The number of nitrogens with zero attached hydrogens (tertiary/aromatic N) is 1. The van der Waals surface area contributed by atoms with E-state index in [4.69, 9.17) is 0 Å². The van der Waals surface area contributed by atoms with Gasteiger partial charge in [-0.1, -0.05) is 6.07 Å². The van der Waals surface area contributed by atoms with Crippen molar-refractivity contribution in [2.45, 2.75) is 25.7 Å². The Morgan fingerprint density at radius 1 is 1.20 bits per heavy atom. The average molecular weight is 200 g/mol. The molecule has 0 amide bonds. The molecule has 0 spiro atoms. The number of hydrogen-bond donors (Lipinski definition) is 1. The van der Waals surface area contributed by atoms with Crippen molar-refractivity contribution >= 4 is 10.9 Å². The van der Waals surface area contributed by atoms with E-state index in [1.807, 2.05) is 6.07 Å². The molecule has 1 aliphatic carbocycles. The lowest BCUT2D eigenvalue weighted by Crippen LogP contribution is -2.09. The Morgan fingerprint density at radius 3 is 3.00 bits per heavy atom. The van der Waals surface area contributed by atoms with Gasteiger partial charge in [0.25, 0.3) is 0 Å². The number of nitrogens with one attached hydrogen (secondary N) is 1. The maximum Gasteiger partial charge on any atom is 0.207 e. The molecule has 0 unspecified atom stereocenters. The second-order valence-electron chi connectivity index (χ2n) is 4.07.